The lowest BCUT2D eigenvalue weighted by molar-refractivity contribution is -0.116. The molecule has 74 valence electrons. The Kier molecular flexibility index (Phi) is 1.42. The number of amides is 3. The summed E-state index contributed by atoms with van der Waals surface area (Å²) in [6.07, 6.45) is 1.60. The number of aromatic nitrogens is 1. The van der Waals surface area contributed by atoms with Crippen molar-refractivity contribution >= 4 is 23.5 Å². The van der Waals surface area contributed by atoms with E-state index in [2.05, 4.69) is 15.3 Å². The molecule has 1 aromatic heterocycles. The van der Waals surface area contributed by atoms with Crippen molar-refractivity contribution in [3.63, 3.8) is 0 Å². The maximum absolute atomic E-state index is 11.5. The summed E-state index contributed by atoms with van der Waals surface area (Å²) in [7, 11) is 0. The number of urea groups is 1. The number of amidine groups is 1. The zero-order chi connectivity index (χ0) is 10.4. The van der Waals surface area contributed by atoms with Gasteiger partial charge >= 0.3 is 6.03 Å². The molecule has 2 aliphatic rings. The highest BCUT2D eigenvalue weighted by atomic mass is 16.2. The molecule has 0 bridgehead atoms. The molecule has 15 heavy (non-hydrogen) atoms. The van der Waals surface area contributed by atoms with Crippen LogP contribution in [0.2, 0.25) is 0 Å². The molecule has 1 N–H and O–H groups in total. The fourth-order valence-electron chi connectivity index (χ4n) is 1.64. The van der Waals surface area contributed by atoms with Crippen molar-refractivity contribution in [2.75, 3.05) is 11.9 Å². The minimum atomic E-state index is -0.333. The second-order valence-corrected chi connectivity index (χ2v) is 3.25. The Bertz CT molecular complexity index is 509. The van der Waals surface area contributed by atoms with Crippen LogP contribution >= 0.6 is 0 Å². The number of rotatable bonds is 0. The van der Waals surface area contributed by atoms with Gasteiger partial charge in [-0.2, -0.15) is 4.99 Å². The Morgan fingerprint density at radius 2 is 2.27 bits per heavy atom. The van der Waals surface area contributed by atoms with Gasteiger partial charge in [0, 0.05) is 6.20 Å². The number of fused-ring (bicyclic) bond motifs is 3. The Labute approximate surface area is 84.6 Å². The molecule has 6 heteroatoms. The van der Waals surface area contributed by atoms with Crippen molar-refractivity contribution in [1.82, 2.24) is 9.88 Å². The average Bonchev–Trinajstić information content (AvgIpc) is 2.61. The van der Waals surface area contributed by atoms with Crippen LogP contribution < -0.4 is 5.32 Å². The first-order chi connectivity index (χ1) is 7.25. The van der Waals surface area contributed by atoms with E-state index in [0.717, 1.165) is 0 Å². The molecule has 3 heterocycles. The number of anilines is 1. The minimum absolute atomic E-state index is 0.00280. The third-order valence-electron chi connectivity index (χ3n) is 2.29. The van der Waals surface area contributed by atoms with E-state index in [9.17, 15) is 9.59 Å². The number of carbonyl (C=O) groups is 2. The summed E-state index contributed by atoms with van der Waals surface area (Å²) in [6, 6.07) is 3.11. The second-order valence-electron chi connectivity index (χ2n) is 3.25. The van der Waals surface area contributed by atoms with E-state index in [1.54, 1.807) is 18.3 Å². The van der Waals surface area contributed by atoms with Crippen LogP contribution in [-0.2, 0) is 4.79 Å². The monoisotopic (exact) mass is 202 g/mol. The van der Waals surface area contributed by atoms with Gasteiger partial charge in [-0.1, -0.05) is 0 Å². The number of nitrogens with one attached hydrogen (secondary N) is 1. The number of nitrogens with zero attached hydrogens (tertiary/aromatic N) is 3. The van der Waals surface area contributed by atoms with Gasteiger partial charge < -0.3 is 5.32 Å². The highest BCUT2D eigenvalue weighted by Gasteiger charge is 2.35. The van der Waals surface area contributed by atoms with Crippen molar-refractivity contribution in [1.29, 1.82) is 0 Å². The lowest BCUT2D eigenvalue weighted by Gasteiger charge is -2.24. The predicted octanol–water partition coefficient (Wildman–Crippen LogP) is 0.216. The van der Waals surface area contributed by atoms with Crippen LogP contribution in [0.4, 0.5) is 10.5 Å². The first-order valence-electron chi connectivity index (χ1n) is 4.41. The van der Waals surface area contributed by atoms with E-state index < -0.39 is 0 Å². The molecule has 0 unspecified atom stereocenters. The van der Waals surface area contributed by atoms with E-state index in [1.165, 1.54) is 4.90 Å². The summed E-state index contributed by atoms with van der Waals surface area (Å²) in [5.41, 5.74) is 1.13. The van der Waals surface area contributed by atoms with Gasteiger partial charge in [0.15, 0.2) is 5.84 Å². The van der Waals surface area contributed by atoms with Crippen LogP contribution in [0.25, 0.3) is 0 Å². The molecule has 0 saturated carbocycles. The summed E-state index contributed by atoms with van der Waals surface area (Å²) >= 11 is 0. The van der Waals surface area contributed by atoms with Crippen molar-refractivity contribution in [2.24, 2.45) is 4.99 Å². The summed E-state index contributed by atoms with van der Waals surface area (Å²) < 4.78 is 0. The highest BCUT2D eigenvalue weighted by molar-refractivity contribution is 6.23. The Hall–Kier alpha value is -2.24. The summed E-state index contributed by atoms with van der Waals surface area (Å²) in [5, 5.41) is 2.64. The normalized spacial score (nSPS) is 18.1. The zero-order valence-electron chi connectivity index (χ0n) is 7.60. The van der Waals surface area contributed by atoms with Crippen LogP contribution in [0, 0.1) is 0 Å². The molecule has 0 aliphatic carbocycles. The van der Waals surface area contributed by atoms with Crippen molar-refractivity contribution in [3.8, 4) is 0 Å². The molecule has 0 fully saturated rings. The van der Waals surface area contributed by atoms with E-state index in [1.807, 2.05) is 0 Å². The quantitative estimate of drug-likeness (QED) is 0.653. The molecular formula is C9H6N4O2. The Balaban J connectivity index is 2.22. The maximum Gasteiger partial charge on any atom is 0.328 e. The Morgan fingerprint density at radius 1 is 1.40 bits per heavy atom. The van der Waals surface area contributed by atoms with Gasteiger partial charge in [-0.3, -0.25) is 14.7 Å². The van der Waals surface area contributed by atoms with E-state index in [0.29, 0.717) is 17.2 Å². The molecule has 3 amide bonds. The molecule has 0 aromatic carbocycles. The van der Waals surface area contributed by atoms with Gasteiger partial charge in [0.05, 0.1) is 5.69 Å². The van der Waals surface area contributed by atoms with E-state index in [4.69, 9.17) is 0 Å². The highest BCUT2D eigenvalue weighted by Crippen LogP contribution is 2.23. The fourth-order valence-corrected chi connectivity index (χ4v) is 1.64. The molecule has 3 rings (SSSR count). The standard InChI is InChI=1S/C9H6N4O2/c14-6-4-13-8(12-6)7-5(11-9(13)15)2-1-3-10-7/h1-3H,4H2,(H,11,15). The smallest absolute Gasteiger partial charge is 0.305 e. The number of carbonyl (C=O) groups excluding carboxylic acids is 2. The van der Waals surface area contributed by atoms with Gasteiger partial charge in [-0.05, 0) is 12.1 Å². The third-order valence-corrected chi connectivity index (χ3v) is 2.29. The summed E-state index contributed by atoms with van der Waals surface area (Å²) in [5.74, 6) is 0.0259. The lowest BCUT2D eigenvalue weighted by Crippen LogP contribution is -2.43. The molecule has 0 atom stereocenters. The van der Waals surface area contributed by atoms with E-state index >= 15 is 0 Å². The van der Waals surface area contributed by atoms with Gasteiger partial charge in [-0.25, -0.2) is 4.79 Å². The van der Waals surface area contributed by atoms with Crippen LogP contribution in [0.1, 0.15) is 5.69 Å². The van der Waals surface area contributed by atoms with Crippen molar-refractivity contribution in [3.05, 3.63) is 24.0 Å². The lowest BCUT2D eigenvalue weighted by atomic mass is 10.2. The molecule has 0 spiro atoms. The van der Waals surface area contributed by atoms with Crippen molar-refractivity contribution in [2.45, 2.75) is 0 Å². The van der Waals surface area contributed by atoms with Gasteiger partial charge in [-0.15, -0.1) is 0 Å². The maximum atomic E-state index is 11.5. The summed E-state index contributed by atoms with van der Waals surface area (Å²) in [4.78, 5) is 31.8. The first kappa shape index (κ1) is 8.10. The minimum Gasteiger partial charge on any atom is -0.305 e. The number of hydrogen-bond donors (Lipinski definition) is 1. The zero-order valence-corrected chi connectivity index (χ0v) is 7.60. The van der Waals surface area contributed by atoms with Crippen molar-refractivity contribution < 1.29 is 9.59 Å². The number of aliphatic imine (C=N–C) groups is 1. The molecular weight excluding hydrogens is 196 g/mol. The SMILES string of the molecule is O=C1CN2C(=O)Nc3cccnc3C2=N1. The van der Waals surface area contributed by atoms with Gasteiger partial charge in [0.1, 0.15) is 12.2 Å². The topological polar surface area (TPSA) is 74.7 Å². The van der Waals surface area contributed by atoms with Gasteiger partial charge in [0.2, 0.25) is 0 Å². The largest absolute Gasteiger partial charge is 0.328 e. The average molecular weight is 202 g/mol. The Morgan fingerprint density at radius 3 is 3.13 bits per heavy atom. The second kappa shape index (κ2) is 2.63. The summed E-state index contributed by atoms with van der Waals surface area (Å²) in [6.45, 7) is -0.00280. The molecule has 1 aromatic rings. The number of hydrogen-bond acceptors (Lipinski definition) is 3. The van der Waals surface area contributed by atoms with Crippen LogP contribution in [0.3, 0.4) is 0 Å². The number of pyridine rings is 1. The molecule has 0 radical (unpaired) electrons. The molecule has 0 saturated heterocycles. The molecule has 6 nitrogen and oxygen atoms in total. The first-order valence-corrected chi connectivity index (χ1v) is 4.41. The molecule has 2 aliphatic heterocycles. The predicted molar refractivity (Wildman–Crippen MR) is 51.5 cm³/mol. The van der Waals surface area contributed by atoms with Crippen LogP contribution in [-0.4, -0.2) is 34.2 Å². The van der Waals surface area contributed by atoms with E-state index in [-0.39, 0.29) is 18.5 Å². The van der Waals surface area contributed by atoms with Crippen LogP contribution in [0.15, 0.2) is 23.3 Å². The third kappa shape index (κ3) is 1.04. The van der Waals surface area contributed by atoms with Crippen LogP contribution in [0.5, 0.6) is 0 Å². The fraction of sp³-hybridized carbons (Fsp3) is 0.111. The van der Waals surface area contributed by atoms with Gasteiger partial charge in [0.25, 0.3) is 5.91 Å².